The minimum Gasteiger partial charge on any atom is -0.492 e. The molecule has 0 fully saturated rings. The summed E-state index contributed by atoms with van der Waals surface area (Å²) in [5, 5.41) is 9.44. The third-order valence-electron chi connectivity index (χ3n) is 3.87. The van der Waals surface area contributed by atoms with Crippen molar-refractivity contribution in [1.82, 2.24) is 10.6 Å². The van der Waals surface area contributed by atoms with Gasteiger partial charge in [0.15, 0.2) is 5.11 Å². The van der Waals surface area contributed by atoms with E-state index in [1.54, 1.807) is 42.5 Å². The summed E-state index contributed by atoms with van der Waals surface area (Å²) in [4.78, 5) is 24.1. The van der Waals surface area contributed by atoms with E-state index < -0.39 is 0 Å². The van der Waals surface area contributed by atoms with Crippen molar-refractivity contribution in [3.05, 3.63) is 58.1 Å². The van der Waals surface area contributed by atoms with Gasteiger partial charge in [0.25, 0.3) is 5.91 Å². The van der Waals surface area contributed by atoms with E-state index in [9.17, 15) is 9.59 Å². The quantitative estimate of drug-likeness (QED) is 0.364. The first-order valence-corrected chi connectivity index (χ1v) is 10.6. The van der Waals surface area contributed by atoms with Crippen LogP contribution in [0, 0.1) is 0 Å². The molecular weight excluding hydrogens is 445 g/mol. The van der Waals surface area contributed by atoms with Crippen LogP contribution in [0.5, 0.6) is 5.75 Å². The highest BCUT2D eigenvalue weighted by atomic mass is 35.5. The fraction of sp³-hybridized carbons (Fsp3) is 0.286. The highest BCUT2D eigenvalue weighted by Crippen LogP contribution is 2.27. The molecule has 0 saturated heterocycles. The van der Waals surface area contributed by atoms with Crippen LogP contribution in [0.1, 0.15) is 36.5 Å². The molecule has 2 aromatic rings. The van der Waals surface area contributed by atoms with Crippen LogP contribution < -0.4 is 20.7 Å². The average Bonchev–Trinajstić information content (AvgIpc) is 2.70. The fourth-order valence-corrected chi connectivity index (χ4v) is 3.13. The van der Waals surface area contributed by atoms with Gasteiger partial charge < -0.3 is 20.7 Å². The zero-order valence-corrected chi connectivity index (χ0v) is 18.8. The lowest BCUT2D eigenvalue weighted by molar-refractivity contribution is -0.119. The number of benzene rings is 2. The van der Waals surface area contributed by atoms with Gasteiger partial charge in [-0.1, -0.05) is 36.2 Å². The molecule has 9 heteroatoms. The largest absolute Gasteiger partial charge is 0.492 e. The normalized spacial score (nSPS) is 10.2. The lowest BCUT2D eigenvalue weighted by Crippen LogP contribution is -2.34. The maximum atomic E-state index is 12.1. The molecule has 2 rings (SSSR count). The number of amides is 2. The number of anilines is 1. The van der Waals surface area contributed by atoms with Gasteiger partial charge in [0, 0.05) is 29.2 Å². The lowest BCUT2D eigenvalue weighted by Gasteiger charge is -2.11. The van der Waals surface area contributed by atoms with Crippen LogP contribution in [0.4, 0.5) is 5.69 Å². The second kappa shape index (κ2) is 12.4. The highest BCUT2D eigenvalue weighted by Gasteiger charge is 2.09. The lowest BCUT2D eigenvalue weighted by atomic mass is 10.2. The molecule has 0 radical (unpaired) electrons. The zero-order valence-electron chi connectivity index (χ0n) is 16.5. The summed E-state index contributed by atoms with van der Waals surface area (Å²) in [7, 11) is 0. The van der Waals surface area contributed by atoms with Gasteiger partial charge in [0.2, 0.25) is 5.91 Å². The molecule has 0 atom stereocenters. The van der Waals surface area contributed by atoms with Gasteiger partial charge in [0.05, 0.1) is 11.6 Å². The Balaban J connectivity index is 1.74. The molecule has 6 nitrogen and oxygen atoms in total. The van der Waals surface area contributed by atoms with Gasteiger partial charge in [-0.05, 0) is 61.5 Å². The molecule has 0 heterocycles. The summed E-state index contributed by atoms with van der Waals surface area (Å²) in [5.41, 5.74) is 1.13. The zero-order chi connectivity index (χ0) is 21.9. The van der Waals surface area contributed by atoms with Gasteiger partial charge in [-0.2, -0.15) is 0 Å². The minimum absolute atomic E-state index is 0.156. The van der Waals surface area contributed by atoms with Crippen LogP contribution in [0.3, 0.4) is 0 Å². The second-order valence-corrected chi connectivity index (χ2v) is 7.62. The van der Waals surface area contributed by atoms with E-state index in [2.05, 4.69) is 16.0 Å². The standard InChI is InChI=1S/C21H23Cl2N3O3S/c1-2-10-24-20(28)14-5-3-6-16(12-14)25-21(30)26-19(27)7-4-11-29-18-9-8-15(22)13-17(18)23/h3,5-6,8-9,12-13H,2,4,7,10-11H2,1H3,(H,24,28)(H2,25,26,27,30). The van der Waals surface area contributed by atoms with E-state index in [4.69, 9.17) is 40.2 Å². The van der Waals surface area contributed by atoms with E-state index in [0.717, 1.165) is 6.42 Å². The Morgan fingerprint density at radius 3 is 2.67 bits per heavy atom. The number of carbonyl (C=O) groups excluding carboxylic acids is 2. The Bertz CT molecular complexity index is 909. The number of nitrogens with one attached hydrogen (secondary N) is 3. The van der Waals surface area contributed by atoms with Gasteiger partial charge in [-0.15, -0.1) is 0 Å². The molecule has 0 unspecified atom stereocenters. The van der Waals surface area contributed by atoms with E-state index in [0.29, 0.717) is 46.6 Å². The number of ether oxygens (including phenoxy) is 1. The van der Waals surface area contributed by atoms with Crippen molar-refractivity contribution in [1.29, 1.82) is 0 Å². The number of carbonyl (C=O) groups is 2. The molecule has 0 aliphatic heterocycles. The number of halogens is 2. The maximum absolute atomic E-state index is 12.1. The summed E-state index contributed by atoms with van der Waals surface area (Å²) in [5.74, 6) is 0.118. The number of rotatable bonds is 9. The molecule has 2 amide bonds. The third-order valence-corrected chi connectivity index (χ3v) is 4.61. The van der Waals surface area contributed by atoms with Gasteiger partial charge in [-0.3, -0.25) is 9.59 Å². The van der Waals surface area contributed by atoms with Crippen molar-refractivity contribution in [2.45, 2.75) is 26.2 Å². The monoisotopic (exact) mass is 467 g/mol. The number of thiocarbonyl (C=S) groups is 1. The van der Waals surface area contributed by atoms with Crippen molar-refractivity contribution in [2.24, 2.45) is 0 Å². The maximum Gasteiger partial charge on any atom is 0.251 e. The Kier molecular flexibility index (Phi) is 9.86. The van der Waals surface area contributed by atoms with Crippen molar-refractivity contribution in [2.75, 3.05) is 18.5 Å². The molecule has 2 aromatic carbocycles. The molecule has 0 saturated carbocycles. The highest BCUT2D eigenvalue weighted by molar-refractivity contribution is 7.80. The van der Waals surface area contributed by atoms with Crippen molar-refractivity contribution < 1.29 is 14.3 Å². The molecular formula is C21H23Cl2N3O3S. The molecule has 0 aliphatic carbocycles. The molecule has 0 spiro atoms. The van der Waals surface area contributed by atoms with Crippen LogP contribution >= 0.6 is 35.4 Å². The van der Waals surface area contributed by atoms with Crippen molar-refractivity contribution in [3.63, 3.8) is 0 Å². The summed E-state index contributed by atoms with van der Waals surface area (Å²) in [6.07, 6.45) is 1.57. The van der Waals surface area contributed by atoms with Crippen LogP contribution in [0.15, 0.2) is 42.5 Å². The first-order chi connectivity index (χ1) is 14.4. The van der Waals surface area contributed by atoms with Gasteiger partial charge >= 0.3 is 0 Å². The predicted molar refractivity (Wildman–Crippen MR) is 125 cm³/mol. The smallest absolute Gasteiger partial charge is 0.251 e. The minimum atomic E-state index is -0.241. The van der Waals surface area contributed by atoms with Crippen LogP contribution in [-0.2, 0) is 4.79 Å². The second-order valence-electron chi connectivity index (χ2n) is 6.37. The summed E-state index contributed by atoms with van der Waals surface area (Å²) in [6.45, 7) is 2.92. The van der Waals surface area contributed by atoms with Gasteiger partial charge in [0.1, 0.15) is 5.75 Å². The van der Waals surface area contributed by atoms with E-state index in [1.807, 2.05) is 6.92 Å². The van der Waals surface area contributed by atoms with Crippen LogP contribution in [0.25, 0.3) is 0 Å². The Morgan fingerprint density at radius 1 is 1.13 bits per heavy atom. The molecule has 30 heavy (non-hydrogen) atoms. The topological polar surface area (TPSA) is 79.5 Å². The first-order valence-electron chi connectivity index (χ1n) is 9.46. The summed E-state index contributed by atoms with van der Waals surface area (Å²) < 4.78 is 5.55. The predicted octanol–water partition coefficient (Wildman–Crippen LogP) is 4.81. The molecule has 0 bridgehead atoms. The van der Waals surface area contributed by atoms with Crippen LogP contribution in [0.2, 0.25) is 10.0 Å². The fourth-order valence-electron chi connectivity index (χ4n) is 2.44. The number of hydrogen-bond acceptors (Lipinski definition) is 4. The van der Waals surface area contributed by atoms with E-state index in [1.165, 1.54) is 0 Å². The Morgan fingerprint density at radius 2 is 1.93 bits per heavy atom. The summed E-state index contributed by atoms with van der Waals surface area (Å²) in [6, 6.07) is 11.9. The first kappa shape index (κ1) is 23.9. The molecule has 160 valence electrons. The van der Waals surface area contributed by atoms with Crippen molar-refractivity contribution >= 4 is 58.0 Å². The van der Waals surface area contributed by atoms with Gasteiger partial charge in [-0.25, -0.2) is 0 Å². The SMILES string of the molecule is CCCNC(=O)c1cccc(NC(=S)NC(=O)CCCOc2ccc(Cl)cc2Cl)c1. The Labute approximate surface area is 191 Å². The molecule has 3 N–H and O–H groups in total. The van der Waals surface area contributed by atoms with E-state index >= 15 is 0 Å². The number of hydrogen-bond donors (Lipinski definition) is 3. The average molecular weight is 468 g/mol. The third kappa shape index (κ3) is 8.18. The van der Waals surface area contributed by atoms with Crippen molar-refractivity contribution in [3.8, 4) is 5.75 Å². The Hall–Kier alpha value is -2.35. The molecule has 0 aromatic heterocycles. The van der Waals surface area contributed by atoms with E-state index in [-0.39, 0.29) is 23.3 Å². The molecule has 0 aliphatic rings. The van der Waals surface area contributed by atoms with Crippen LogP contribution in [-0.4, -0.2) is 30.1 Å². The summed E-state index contributed by atoms with van der Waals surface area (Å²) >= 11 is 17.0.